The molecule has 2 atom stereocenters. The van der Waals surface area contributed by atoms with Crippen molar-refractivity contribution in [3.05, 3.63) is 0 Å². The molecule has 1 aliphatic heterocycles. The molecular formula is C11H20N2O3. The summed E-state index contributed by atoms with van der Waals surface area (Å²) in [5.41, 5.74) is 5.58. The van der Waals surface area contributed by atoms with Gasteiger partial charge < -0.3 is 15.4 Å². The third kappa shape index (κ3) is 3.20. The molecule has 5 nitrogen and oxygen atoms in total. The third-order valence-corrected chi connectivity index (χ3v) is 2.93. The van der Waals surface area contributed by atoms with Crippen molar-refractivity contribution in [2.75, 3.05) is 13.7 Å². The molecule has 0 aromatic heterocycles. The summed E-state index contributed by atoms with van der Waals surface area (Å²) in [7, 11) is 1.36. The van der Waals surface area contributed by atoms with Crippen LogP contribution >= 0.6 is 0 Å². The second-order valence-electron chi connectivity index (χ2n) is 4.25. The Hall–Kier alpha value is -1.10. The normalized spacial score (nSPS) is 22.7. The van der Waals surface area contributed by atoms with Crippen LogP contribution in [-0.2, 0) is 14.3 Å². The summed E-state index contributed by atoms with van der Waals surface area (Å²) in [5, 5.41) is 0. The lowest BCUT2D eigenvalue weighted by atomic mass is 9.98. The molecule has 0 saturated carbocycles. The van der Waals surface area contributed by atoms with Crippen LogP contribution in [0.15, 0.2) is 0 Å². The second-order valence-corrected chi connectivity index (χ2v) is 4.25. The van der Waals surface area contributed by atoms with Crippen LogP contribution in [0, 0.1) is 0 Å². The number of carbonyl (C=O) groups excluding carboxylic acids is 2. The fraction of sp³-hybridized carbons (Fsp3) is 0.818. The predicted molar refractivity (Wildman–Crippen MR) is 59.6 cm³/mol. The van der Waals surface area contributed by atoms with Crippen LogP contribution in [0.1, 0.15) is 32.6 Å². The lowest BCUT2D eigenvalue weighted by Gasteiger charge is -2.36. The van der Waals surface area contributed by atoms with Crippen molar-refractivity contribution >= 4 is 11.9 Å². The molecule has 92 valence electrons. The van der Waals surface area contributed by atoms with Crippen LogP contribution in [0.25, 0.3) is 0 Å². The zero-order chi connectivity index (χ0) is 12.1. The maximum Gasteiger partial charge on any atom is 0.307 e. The maximum absolute atomic E-state index is 11.8. The molecule has 1 aliphatic rings. The number of esters is 1. The van der Waals surface area contributed by atoms with Gasteiger partial charge in [0.2, 0.25) is 5.91 Å². The van der Waals surface area contributed by atoms with Gasteiger partial charge in [0, 0.05) is 12.6 Å². The van der Waals surface area contributed by atoms with Gasteiger partial charge in [0.1, 0.15) is 0 Å². The Bertz CT molecular complexity index is 266. The van der Waals surface area contributed by atoms with Gasteiger partial charge in [-0.15, -0.1) is 0 Å². The molecule has 1 saturated heterocycles. The minimum absolute atomic E-state index is 0.0419. The molecule has 0 bridgehead atoms. The average molecular weight is 228 g/mol. The highest BCUT2D eigenvalue weighted by atomic mass is 16.5. The molecule has 2 unspecified atom stereocenters. The first-order valence-corrected chi connectivity index (χ1v) is 5.69. The largest absolute Gasteiger partial charge is 0.469 e. The molecule has 0 aliphatic carbocycles. The second kappa shape index (κ2) is 5.84. The van der Waals surface area contributed by atoms with Gasteiger partial charge in [-0.2, -0.15) is 0 Å². The summed E-state index contributed by atoms with van der Waals surface area (Å²) in [6.07, 6.45) is 3.16. The van der Waals surface area contributed by atoms with Gasteiger partial charge >= 0.3 is 5.97 Å². The summed E-state index contributed by atoms with van der Waals surface area (Å²) in [5.74, 6) is -0.344. The van der Waals surface area contributed by atoms with Crippen molar-refractivity contribution in [2.45, 2.75) is 44.7 Å². The first-order valence-electron chi connectivity index (χ1n) is 5.69. The Morgan fingerprint density at radius 1 is 1.50 bits per heavy atom. The predicted octanol–water partition coefficient (Wildman–Crippen LogP) is 0.278. The van der Waals surface area contributed by atoms with Gasteiger partial charge in [-0.25, -0.2) is 0 Å². The molecule has 0 radical (unpaired) electrons. The van der Waals surface area contributed by atoms with E-state index >= 15 is 0 Å². The van der Waals surface area contributed by atoms with E-state index in [1.165, 1.54) is 7.11 Å². The van der Waals surface area contributed by atoms with E-state index in [1.807, 2.05) is 0 Å². The minimum atomic E-state index is -0.502. The van der Waals surface area contributed by atoms with Crippen molar-refractivity contribution in [1.29, 1.82) is 0 Å². The van der Waals surface area contributed by atoms with Gasteiger partial charge in [-0.1, -0.05) is 0 Å². The molecule has 1 heterocycles. The fourth-order valence-electron chi connectivity index (χ4n) is 2.04. The van der Waals surface area contributed by atoms with Gasteiger partial charge in [-0.3, -0.25) is 9.59 Å². The zero-order valence-electron chi connectivity index (χ0n) is 9.94. The summed E-state index contributed by atoms with van der Waals surface area (Å²) in [6, 6.07) is -0.544. The molecule has 0 aromatic carbocycles. The monoisotopic (exact) mass is 228 g/mol. The fourth-order valence-corrected chi connectivity index (χ4v) is 2.04. The van der Waals surface area contributed by atoms with Crippen LogP contribution in [0.2, 0.25) is 0 Å². The number of amides is 1. The highest BCUT2D eigenvalue weighted by Crippen LogP contribution is 2.20. The van der Waals surface area contributed by atoms with E-state index in [-0.39, 0.29) is 24.3 Å². The Labute approximate surface area is 95.9 Å². The summed E-state index contributed by atoms with van der Waals surface area (Å²) < 4.78 is 4.63. The molecule has 2 N–H and O–H groups in total. The zero-order valence-corrected chi connectivity index (χ0v) is 9.94. The summed E-state index contributed by atoms with van der Waals surface area (Å²) >= 11 is 0. The highest BCUT2D eigenvalue weighted by molar-refractivity contribution is 5.82. The number of piperidine rings is 1. The van der Waals surface area contributed by atoms with Crippen molar-refractivity contribution < 1.29 is 14.3 Å². The molecule has 16 heavy (non-hydrogen) atoms. The Kier molecular flexibility index (Phi) is 4.73. The van der Waals surface area contributed by atoms with Crippen LogP contribution in [-0.4, -0.2) is 42.5 Å². The van der Waals surface area contributed by atoms with Gasteiger partial charge in [0.05, 0.1) is 19.6 Å². The lowest BCUT2D eigenvalue weighted by Crippen LogP contribution is -2.50. The minimum Gasteiger partial charge on any atom is -0.469 e. The van der Waals surface area contributed by atoms with Crippen LogP contribution in [0.4, 0.5) is 0 Å². The topological polar surface area (TPSA) is 72.6 Å². The van der Waals surface area contributed by atoms with E-state index in [4.69, 9.17) is 5.73 Å². The van der Waals surface area contributed by atoms with Crippen molar-refractivity contribution in [2.24, 2.45) is 5.73 Å². The standard InChI is InChI=1S/C11H20N2O3/c1-8(12)11(15)13-6-4-3-5-9(13)7-10(14)16-2/h8-9H,3-7,12H2,1-2H3. The number of rotatable bonds is 3. The number of likely N-dealkylation sites (tertiary alicyclic amines) is 1. The van der Waals surface area contributed by atoms with Crippen molar-refractivity contribution in [3.8, 4) is 0 Å². The third-order valence-electron chi connectivity index (χ3n) is 2.93. The van der Waals surface area contributed by atoms with Crippen molar-refractivity contribution in [3.63, 3.8) is 0 Å². The van der Waals surface area contributed by atoms with Crippen LogP contribution in [0.3, 0.4) is 0 Å². The van der Waals surface area contributed by atoms with Crippen LogP contribution < -0.4 is 5.73 Å². The Balaban J connectivity index is 2.63. The number of ether oxygens (including phenoxy) is 1. The smallest absolute Gasteiger partial charge is 0.307 e. The Morgan fingerprint density at radius 2 is 2.19 bits per heavy atom. The average Bonchev–Trinajstić information content (AvgIpc) is 2.28. The van der Waals surface area contributed by atoms with E-state index in [2.05, 4.69) is 4.74 Å². The number of nitrogens with zero attached hydrogens (tertiary/aromatic N) is 1. The van der Waals surface area contributed by atoms with E-state index in [1.54, 1.807) is 11.8 Å². The molecule has 5 heteroatoms. The van der Waals surface area contributed by atoms with E-state index < -0.39 is 6.04 Å². The van der Waals surface area contributed by atoms with E-state index in [9.17, 15) is 9.59 Å². The lowest BCUT2D eigenvalue weighted by molar-refractivity contribution is -0.144. The number of nitrogens with two attached hydrogens (primary N) is 1. The highest BCUT2D eigenvalue weighted by Gasteiger charge is 2.29. The molecule has 1 fully saturated rings. The van der Waals surface area contributed by atoms with E-state index in [0.717, 1.165) is 19.3 Å². The Morgan fingerprint density at radius 3 is 2.75 bits per heavy atom. The van der Waals surface area contributed by atoms with E-state index in [0.29, 0.717) is 6.54 Å². The number of methoxy groups -OCH3 is 1. The molecular weight excluding hydrogens is 208 g/mol. The molecule has 0 aromatic rings. The number of carbonyl (C=O) groups is 2. The maximum atomic E-state index is 11.8. The molecule has 1 amide bonds. The quantitative estimate of drug-likeness (QED) is 0.704. The van der Waals surface area contributed by atoms with Crippen LogP contribution in [0.5, 0.6) is 0 Å². The molecule has 1 rings (SSSR count). The van der Waals surface area contributed by atoms with Gasteiger partial charge in [-0.05, 0) is 26.2 Å². The number of hydrogen-bond acceptors (Lipinski definition) is 4. The summed E-state index contributed by atoms with van der Waals surface area (Å²) in [6.45, 7) is 2.37. The molecule has 0 spiro atoms. The van der Waals surface area contributed by atoms with Gasteiger partial charge in [0.15, 0.2) is 0 Å². The first-order chi connectivity index (χ1) is 7.56. The first kappa shape index (κ1) is 13.0. The SMILES string of the molecule is COC(=O)CC1CCCCN1C(=O)C(C)N. The van der Waals surface area contributed by atoms with Gasteiger partial charge in [0.25, 0.3) is 0 Å². The summed E-state index contributed by atoms with van der Waals surface area (Å²) in [4.78, 5) is 24.8. The number of hydrogen-bond donors (Lipinski definition) is 1. The van der Waals surface area contributed by atoms with Crippen molar-refractivity contribution in [1.82, 2.24) is 4.90 Å².